The van der Waals surface area contributed by atoms with Gasteiger partial charge in [-0.1, -0.05) is 0 Å². The molecule has 0 atom stereocenters. The molecule has 0 amide bonds. The normalized spacial score (nSPS) is 10.2. The van der Waals surface area contributed by atoms with Crippen LogP contribution in [0.15, 0.2) is 24.4 Å². The van der Waals surface area contributed by atoms with Crippen LogP contribution in [0.3, 0.4) is 0 Å². The summed E-state index contributed by atoms with van der Waals surface area (Å²) in [4.78, 5) is 4.12. The standard InChI is InChI=1S/C11H13N3O2/c1-15-9-5-7-3-4-13-11(14-12)8(7)6-10(9)16-2/h3-6H,12H2,1-2H3,(H,13,14). The van der Waals surface area contributed by atoms with Crippen molar-refractivity contribution in [3.8, 4) is 11.5 Å². The number of nitrogens with one attached hydrogen (secondary N) is 1. The maximum atomic E-state index is 5.39. The van der Waals surface area contributed by atoms with Crippen LogP contribution in [0.2, 0.25) is 0 Å². The second-order valence-electron chi connectivity index (χ2n) is 3.23. The minimum atomic E-state index is 0.610. The van der Waals surface area contributed by atoms with Gasteiger partial charge in [0, 0.05) is 11.6 Å². The zero-order chi connectivity index (χ0) is 11.5. The van der Waals surface area contributed by atoms with Crippen LogP contribution in [0, 0.1) is 0 Å². The van der Waals surface area contributed by atoms with E-state index in [-0.39, 0.29) is 0 Å². The summed E-state index contributed by atoms with van der Waals surface area (Å²) in [6, 6.07) is 5.62. The fourth-order valence-corrected chi connectivity index (χ4v) is 1.61. The average molecular weight is 219 g/mol. The first-order chi connectivity index (χ1) is 7.80. The molecule has 0 saturated heterocycles. The highest BCUT2D eigenvalue weighted by Crippen LogP contribution is 2.34. The lowest BCUT2D eigenvalue weighted by Gasteiger charge is -2.10. The maximum Gasteiger partial charge on any atom is 0.161 e. The number of rotatable bonds is 3. The number of anilines is 1. The van der Waals surface area contributed by atoms with E-state index in [1.54, 1.807) is 20.4 Å². The Bertz CT molecular complexity index is 514. The Hall–Kier alpha value is -2.01. The number of nitrogens with two attached hydrogens (primary N) is 1. The number of hydrazine groups is 1. The molecule has 1 heterocycles. The lowest BCUT2D eigenvalue weighted by Crippen LogP contribution is -2.08. The molecule has 3 N–H and O–H groups in total. The van der Waals surface area contributed by atoms with Gasteiger partial charge in [-0.05, 0) is 23.6 Å². The minimum Gasteiger partial charge on any atom is -0.493 e. The Morgan fingerprint density at radius 2 is 1.88 bits per heavy atom. The van der Waals surface area contributed by atoms with Gasteiger partial charge in [-0.3, -0.25) is 0 Å². The van der Waals surface area contributed by atoms with Gasteiger partial charge in [0.2, 0.25) is 0 Å². The Balaban J connectivity index is 2.72. The molecule has 0 fully saturated rings. The molecule has 2 aromatic rings. The molecule has 0 spiro atoms. The quantitative estimate of drug-likeness (QED) is 0.605. The molecule has 0 saturated carbocycles. The molecule has 5 nitrogen and oxygen atoms in total. The number of pyridine rings is 1. The second kappa shape index (κ2) is 4.24. The Labute approximate surface area is 93.1 Å². The summed E-state index contributed by atoms with van der Waals surface area (Å²) in [5.74, 6) is 7.34. The predicted molar refractivity (Wildman–Crippen MR) is 62.7 cm³/mol. The third kappa shape index (κ3) is 1.61. The van der Waals surface area contributed by atoms with Crippen molar-refractivity contribution in [3.63, 3.8) is 0 Å². The monoisotopic (exact) mass is 219 g/mol. The van der Waals surface area contributed by atoms with E-state index in [1.165, 1.54) is 0 Å². The summed E-state index contributed by atoms with van der Waals surface area (Å²) in [5, 5.41) is 1.88. The van der Waals surface area contributed by atoms with Gasteiger partial charge in [0.05, 0.1) is 14.2 Å². The number of benzene rings is 1. The number of hydrogen-bond acceptors (Lipinski definition) is 5. The minimum absolute atomic E-state index is 0.610. The van der Waals surface area contributed by atoms with E-state index in [4.69, 9.17) is 15.3 Å². The van der Waals surface area contributed by atoms with Crippen LogP contribution >= 0.6 is 0 Å². The molecule has 84 valence electrons. The fourth-order valence-electron chi connectivity index (χ4n) is 1.61. The summed E-state index contributed by atoms with van der Waals surface area (Å²) in [5.41, 5.74) is 2.55. The van der Waals surface area contributed by atoms with E-state index in [1.807, 2.05) is 18.2 Å². The number of fused-ring (bicyclic) bond motifs is 1. The molecule has 0 bridgehead atoms. The van der Waals surface area contributed by atoms with Gasteiger partial charge in [0.15, 0.2) is 11.5 Å². The lowest BCUT2D eigenvalue weighted by atomic mass is 10.1. The molecule has 5 heteroatoms. The van der Waals surface area contributed by atoms with E-state index in [2.05, 4.69) is 10.4 Å². The molecule has 0 aliphatic rings. The number of methoxy groups -OCH3 is 2. The summed E-state index contributed by atoms with van der Waals surface area (Å²) in [6.07, 6.45) is 1.68. The van der Waals surface area contributed by atoms with Crippen LogP contribution in [0.5, 0.6) is 11.5 Å². The summed E-state index contributed by atoms with van der Waals surface area (Å²) >= 11 is 0. The van der Waals surface area contributed by atoms with Gasteiger partial charge < -0.3 is 14.9 Å². The Kier molecular flexibility index (Phi) is 2.78. The van der Waals surface area contributed by atoms with E-state index in [9.17, 15) is 0 Å². The van der Waals surface area contributed by atoms with Crippen molar-refractivity contribution in [3.05, 3.63) is 24.4 Å². The third-order valence-electron chi connectivity index (χ3n) is 2.41. The SMILES string of the molecule is COc1cc2ccnc(NN)c2cc1OC. The number of nitrogens with zero attached hydrogens (tertiary/aromatic N) is 1. The van der Waals surface area contributed by atoms with Crippen LogP contribution < -0.4 is 20.7 Å². The number of ether oxygens (including phenoxy) is 2. The van der Waals surface area contributed by atoms with Gasteiger partial charge in [0.25, 0.3) is 0 Å². The topological polar surface area (TPSA) is 69.4 Å². The highest BCUT2D eigenvalue weighted by Gasteiger charge is 2.08. The van der Waals surface area contributed by atoms with E-state index >= 15 is 0 Å². The molecular formula is C11H13N3O2. The summed E-state index contributed by atoms with van der Waals surface area (Å²) < 4.78 is 10.4. The smallest absolute Gasteiger partial charge is 0.161 e. The molecule has 16 heavy (non-hydrogen) atoms. The average Bonchev–Trinajstić information content (AvgIpc) is 2.36. The van der Waals surface area contributed by atoms with E-state index in [0.29, 0.717) is 17.3 Å². The van der Waals surface area contributed by atoms with Crippen LogP contribution in [0.1, 0.15) is 0 Å². The van der Waals surface area contributed by atoms with Gasteiger partial charge in [-0.25, -0.2) is 10.8 Å². The number of nitrogen functional groups attached to an aromatic ring is 1. The molecule has 1 aromatic heterocycles. The van der Waals surface area contributed by atoms with Gasteiger partial charge in [-0.15, -0.1) is 0 Å². The first kappa shape index (κ1) is 10.5. The van der Waals surface area contributed by atoms with E-state index < -0.39 is 0 Å². The predicted octanol–water partition coefficient (Wildman–Crippen LogP) is 1.54. The largest absolute Gasteiger partial charge is 0.493 e. The van der Waals surface area contributed by atoms with Gasteiger partial charge >= 0.3 is 0 Å². The second-order valence-corrected chi connectivity index (χ2v) is 3.23. The molecule has 0 unspecified atom stereocenters. The van der Waals surface area contributed by atoms with Crippen molar-refractivity contribution in [1.82, 2.24) is 4.98 Å². The van der Waals surface area contributed by atoms with Crippen LogP contribution in [-0.4, -0.2) is 19.2 Å². The Morgan fingerprint density at radius 1 is 1.19 bits per heavy atom. The van der Waals surface area contributed by atoms with Crippen molar-refractivity contribution in [2.45, 2.75) is 0 Å². The molecule has 0 radical (unpaired) electrons. The molecule has 2 rings (SSSR count). The Morgan fingerprint density at radius 3 is 2.50 bits per heavy atom. The van der Waals surface area contributed by atoms with Crippen molar-refractivity contribution in [2.75, 3.05) is 19.6 Å². The highest BCUT2D eigenvalue weighted by molar-refractivity contribution is 5.94. The molecule has 0 aliphatic carbocycles. The maximum absolute atomic E-state index is 5.39. The zero-order valence-electron chi connectivity index (χ0n) is 9.15. The molecular weight excluding hydrogens is 206 g/mol. The molecule has 1 aromatic carbocycles. The fraction of sp³-hybridized carbons (Fsp3) is 0.182. The number of aromatic nitrogens is 1. The van der Waals surface area contributed by atoms with E-state index in [0.717, 1.165) is 10.8 Å². The lowest BCUT2D eigenvalue weighted by molar-refractivity contribution is 0.356. The van der Waals surface area contributed by atoms with Crippen molar-refractivity contribution >= 4 is 16.6 Å². The third-order valence-corrected chi connectivity index (χ3v) is 2.41. The number of hydrogen-bond donors (Lipinski definition) is 2. The summed E-state index contributed by atoms with van der Waals surface area (Å²) in [6.45, 7) is 0. The van der Waals surface area contributed by atoms with Crippen molar-refractivity contribution in [2.24, 2.45) is 5.84 Å². The van der Waals surface area contributed by atoms with Crippen LogP contribution in [0.4, 0.5) is 5.82 Å². The zero-order valence-corrected chi connectivity index (χ0v) is 9.15. The van der Waals surface area contributed by atoms with Crippen molar-refractivity contribution in [1.29, 1.82) is 0 Å². The van der Waals surface area contributed by atoms with Crippen LogP contribution in [-0.2, 0) is 0 Å². The van der Waals surface area contributed by atoms with Crippen molar-refractivity contribution < 1.29 is 9.47 Å². The van der Waals surface area contributed by atoms with Gasteiger partial charge in [-0.2, -0.15) is 0 Å². The highest BCUT2D eigenvalue weighted by atomic mass is 16.5. The van der Waals surface area contributed by atoms with Crippen LogP contribution in [0.25, 0.3) is 10.8 Å². The summed E-state index contributed by atoms with van der Waals surface area (Å²) in [7, 11) is 3.20. The first-order valence-electron chi connectivity index (χ1n) is 4.77. The van der Waals surface area contributed by atoms with Gasteiger partial charge in [0.1, 0.15) is 5.82 Å². The first-order valence-corrected chi connectivity index (χ1v) is 4.77. The molecule has 0 aliphatic heterocycles.